The summed E-state index contributed by atoms with van der Waals surface area (Å²) in [4.78, 5) is 29.2. The molecule has 7 heteroatoms. The fraction of sp³-hybridized carbons (Fsp3) is 0.360. The predicted octanol–water partition coefficient (Wildman–Crippen LogP) is 3.19. The largest absolute Gasteiger partial charge is 0.339 e. The molecule has 2 aromatic carbocycles. The summed E-state index contributed by atoms with van der Waals surface area (Å²) in [5.74, 6) is 0.0339. The van der Waals surface area contributed by atoms with E-state index in [1.165, 1.54) is 5.56 Å². The number of carbonyl (C=O) groups excluding carboxylic acids is 2. The van der Waals surface area contributed by atoms with Crippen molar-refractivity contribution in [3.8, 4) is 5.69 Å². The van der Waals surface area contributed by atoms with E-state index in [2.05, 4.69) is 22.4 Å². The normalized spacial score (nSPS) is 13.9. The fourth-order valence-corrected chi connectivity index (χ4v) is 4.01. The van der Waals surface area contributed by atoms with Gasteiger partial charge in [-0.15, -0.1) is 5.10 Å². The van der Waals surface area contributed by atoms with E-state index < -0.39 is 0 Å². The molecule has 0 unspecified atom stereocenters. The van der Waals surface area contributed by atoms with Gasteiger partial charge in [0.2, 0.25) is 5.91 Å². The molecule has 0 bridgehead atoms. The van der Waals surface area contributed by atoms with Crippen molar-refractivity contribution in [2.24, 2.45) is 0 Å². The molecule has 32 heavy (non-hydrogen) atoms. The molecule has 1 aliphatic rings. The molecule has 7 nitrogen and oxygen atoms in total. The van der Waals surface area contributed by atoms with Crippen LogP contribution in [0.5, 0.6) is 0 Å². The van der Waals surface area contributed by atoms with Gasteiger partial charge in [-0.1, -0.05) is 53.2 Å². The first-order chi connectivity index (χ1) is 15.5. The summed E-state index contributed by atoms with van der Waals surface area (Å²) >= 11 is 0. The van der Waals surface area contributed by atoms with Crippen molar-refractivity contribution in [3.05, 3.63) is 77.1 Å². The minimum atomic E-state index is -0.128. The van der Waals surface area contributed by atoms with Crippen molar-refractivity contribution < 1.29 is 9.59 Å². The van der Waals surface area contributed by atoms with Gasteiger partial charge in [0.1, 0.15) is 0 Å². The van der Waals surface area contributed by atoms with Gasteiger partial charge in [0.25, 0.3) is 5.91 Å². The second kappa shape index (κ2) is 9.77. The fourth-order valence-electron chi connectivity index (χ4n) is 4.01. The van der Waals surface area contributed by atoms with Crippen molar-refractivity contribution >= 4 is 11.8 Å². The van der Waals surface area contributed by atoms with Gasteiger partial charge in [-0.3, -0.25) is 9.59 Å². The van der Waals surface area contributed by atoms with Crippen LogP contribution < -0.4 is 0 Å². The van der Waals surface area contributed by atoms with Crippen LogP contribution in [0.15, 0.2) is 54.6 Å². The molecule has 4 rings (SSSR count). The topological polar surface area (TPSA) is 71.3 Å². The summed E-state index contributed by atoms with van der Waals surface area (Å²) in [5, 5.41) is 8.34. The van der Waals surface area contributed by atoms with E-state index in [0.717, 1.165) is 29.8 Å². The lowest BCUT2D eigenvalue weighted by Gasteiger charge is -2.34. The maximum atomic E-state index is 13.0. The third-order valence-corrected chi connectivity index (χ3v) is 5.99. The number of nitrogens with zero attached hydrogens (tertiary/aromatic N) is 5. The summed E-state index contributed by atoms with van der Waals surface area (Å²) in [6, 6.07) is 18.2. The lowest BCUT2D eigenvalue weighted by Crippen LogP contribution is -2.50. The molecule has 1 saturated heterocycles. The highest BCUT2D eigenvalue weighted by molar-refractivity contribution is 5.93. The van der Waals surface area contributed by atoms with Crippen molar-refractivity contribution in [3.63, 3.8) is 0 Å². The summed E-state index contributed by atoms with van der Waals surface area (Å²) in [6.07, 6.45) is 2.27. The van der Waals surface area contributed by atoms with Gasteiger partial charge < -0.3 is 9.80 Å². The number of piperazine rings is 1. The zero-order chi connectivity index (χ0) is 22.5. The van der Waals surface area contributed by atoms with Crippen molar-refractivity contribution in [1.82, 2.24) is 24.8 Å². The number of carbonyl (C=O) groups is 2. The first-order valence-electron chi connectivity index (χ1n) is 11.1. The van der Waals surface area contributed by atoms with Gasteiger partial charge in [-0.05, 0) is 44.4 Å². The monoisotopic (exact) mass is 431 g/mol. The standard InChI is InChI=1S/C25H29N5O2/c1-19-11-13-22(14-12-19)30-20(2)24(26-27-30)25(32)29-17-15-28(16-18-29)23(31)10-6-9-21-7-4-3-5-8-21/h3-5,7-8,11-14H,6,9-10,15-18H2,1-2H3. The number of aryl methyl sites for hydroxylation is 2. The van der Waals surface area contributed by atoms with Gasteiger partial charge >= 0.3 is 0 Å². The number of hydrogen-bond donors (Lipinski definition) is 0. The summed E-state index contributed by atoms with van der Waals surface area (Å²) in [6.45, 7) is 6.03. The molecule has 0 saturated carbocycles. The second-order valence-electron chi connectivity index (χ2n) is 8.28. The van der Waals surface area contributed by atoms with E-state index in [4.69, 9.17) is 0 Å². The van der Waals surface area contributed by atoms with Crippen LogP contribution in [0, 0.1) is 13.8 Å². The van der Waals surface area contributed by atoms with Crippen LogP contribution in [0.1, 0.15) is 40.2 Å². The predicted molar refractivity (Wildman–Crippen MR) is 123 cm³/mol. The van der Waals surface area contributed by atoms with Crippen LogP contribution in [-0.2, 0) is 11.2 Å². The molecule has 2 heterocycles. The van der Waals surface area contributed by atoms with Gasteiger partial charge in [0, 0.05) is 32.6 Å². The van der Waals surface area contributed by atoms with Gasteiger partial charge in [0.15, 0.2) is 5.69 Å². The molecule has 1 aromatic heterocycles. The zero-order valence-electron chi connectivity index (χ0n) is 18.7. The van der Waals surface area contributed by atoms with Crippen LogP contribution in [0.3, 0.4) is 0 Å². The molecule has 0 radical (unpaired) electrons. The Bertz CT molecular complexity index is 1070. The molecule has 0 aliphatic carbocycles. The van der Waals surface area contributed by atoms with E-state index in [1.54, 1.807) is 9.58 Å². The highest BCUT2D eigenvalue weighted by atomic mass is 16.2. The van der Waals surface area contributed by atoms with E-state index >= 15 is 0 Å². The first kappa shape index (κ1) is 21.7. The second-order valence-corrected chi connectivity index (χ2v) is 8.28. The Balaban J connectivity index is 1.30. The quantitative estimate of drug-likeness (QED) is 0.601. The number of amides is 2. The first-order valence-corrected chi connectivity index (χ1v) is 11.1. The average molecular weight is 432 g/mol. The SMILES string of the molecule is Cc1ccc(-n2nnc(C(=O)N3CCN(C(=O)CCCc4ccccc4)CC3)c2C)cc1. The Morgan fingerprint density at radius 2 is 1.53 bits per heavy atom. The number of benzene rings is 2. The van der Waals surface area contributed by atoms with Crippen molar-refractivity contribution in [1.29, 1.82) is 0 Å². The van der Waals surface area contributed by atoms with Gasteiger partial charge in [-0.2, -0.15) is 0 Å². The molecule has 0 N–H and O–H groups in total. The van der Waals surface area contributed by atoms with E-state index in [0.29, 0.717) is 38.3 Å². The summed E-state index contributed by atoms with van der Waals surface area (Å²) < 4.78 is 1.69. The third-order valence-electron chi connectivity index (χ3n) is 5.99. The van der Waals surface area contributed by atoms with Crippen LogP contribution in [0.25, 0.3) is 5.69 Å². The maximum Gasteiger partial charge on any atom is 0.276 e. The summed E-state index contributed by atoms with van der Waals surface area (Å²) in [7, 11) is 0. The lowest BCUT2D eigenvalue weighted by atomic mass is 10.1. The number of aromatic nitrogens is 3. The van der Waals surface area contributed by atoms with Crippen LogP contribution >= 0.6 is 0 Å². The van der Waals surface area contributed by atoms with E-state index in [1.807, 2.05) is 61.2 Å². The number of hydrogen-bond acceptors (Lipinski definition) is 4. The summed E-state index contributed by atoms with van der Waals surface area (Å²) in [5.41, 5.74) is 4.39. The Hall–Kier alpha value is -3.48. The van der Waals surface area contributed by atoms with Crippen LogP contribution in [-0.4, -0.2) is 62.8 Å². The highest BCUT2D eigenvalue weighted by Crippen LogP contribution is 2.16. The Labute approximate surface area is 188 Å². The lowest BCUT2D eigenvalue weighted by molar-refractivity contribution is -0.132. The van der Waals surface area contributed by atoms with Crippen molar-refractivity contribution in [2.75, 3.05) is 26.2 Å². The van der Waals surface area contributed by atoms with Crippen LogP contribution in [0.4, 0.5) is 0 Å². The molecular weight excluding hydrogens is 402 g/mol. The molecule has 1 aliphatic heterocycles. The van der Waals surface area contributed by atoms with E-state index in [9.17, 15) is 9.59 Å². The zero-order valence-corrected chi connectivity index (χ0v) is 18.7. The van der Waals surface area contributed by atoms with E-state index in [-0.39, 0.29) is 11.8 Å². The van der Waals surface area contributed by atoms with Crippen LogP contribution in [0.2, 0.25) is 0 Å². The van der Waals surface area contributed by atoms with Gasteiger partial charge in [0.05, 0.1) is 11.4 Å². The highest BCUT2D eigenvalue weighted by Gasteiger charge is 2.28. The van der Waals surface area contributed by atoms with Crippen molar-refractivity contribution in [2.45, 2.75) is 33.1 Å². The molecule has 0 atom stereocenters. The minimum absolute atomic E-state index is 0.128. The maximum absolute atomic E-state index is 13.0. The molecule has 166 valence electrons. The molecule has 3 aromatic rings. The molecule has 0 spiro atoms. The minimum Gasteiger partial charge on any atom is -0.339 e. The van der Waals surface area contributed by atoms with Gasteiger partial charge in [-0.25, -0.2) is 4.68 Å². The molecule has 2 amide bonds. The number of rotatable bonds is 6. The molecule has 1 fully saturated rings. The average Bonchev–Trinajstić information content (AvgIpc) is 3.21. The Morgan fingerprint density at radius 3 is 2.22 bits per heavy atom. The Morgan fingerprint density at radius 1 is 0.875 bits per heavy atom. The smallest absolute Gasteiger partial charge is 0.276 e. The third kappa shape index (κ3) is 4.88. The Kier molecular flexibility index (Phi) is 6.63. The molecular formula is C25H29N5O2.